The Balaban J connectivity index is 1.44. The molecule has 8 atom stereocenters. The summed E-state index contributed by atoms with van der Waals surface area (Å²) in [5, 5.41) is 102. The number of aryl methyl sites for hydroxylation is 2. The summed E-state index contributed by atoms with van der Waals surface area (Å²) >= 11 is 5.80. The molecule has 0 saturated heterocycles. The molecule has 0 saturated carbocycles. The molecule has 2 aromatic carbocycles. The van der Waals surface area contributed by atoms with Gasteiger partial charge in [-0.25, -0.2) is 9.97 Å². The summed E-state index contributed by atoms with van der Waals surface area (Å²) in [6, 6.07) is 16.1. The number of halogens is 1. The number of amidine groups is 1. The highest BCUT2D eigenvalue weighted by atomic mass is 35.5. The normalized spacial score (nSPS) is 16.1. The highest BCUT2D eigenvalue weighted by molar-refractivity contribution is 6.29. The largest absolute Gasteiger partial charge is 0.394 e. The summed E-state index contributed by atoms with van der Waals surface area (Å²) in [4.78, 5) is 37.9. The highest BCUT2D eigenvalue weighted by Crippen LogP contribution is 2.22. The number of amides is 2. The SMILES string of the molecule is NC(=O)c1nc(Cl)cnc1C(N)=NCCCCc1ccc(-c2ccc(CCC(=O)NCCCN(C[C@H](O)[C@@H](O)[C@H](O)[C@H](O)CO)C[C@H](O)[C@@H](O)[C@H](O)[C@H](O)CO)cc2)cc1. The van der Waals surface area contributed by atoms with Gasteiger partial charge in [-0.1, -0.05) is 60.1 Å². The number of carbonyl (C=O) groups is 2. The molecule has 19 nitrogen and oxygen atoms in total. The van der Waals surface area contributed by atoms with Gasteiger partial charge in [-0.15, -0.1) is 0 Å². The second kappa shape index (κ2) is 25.5. The van der Waals surface area contributed by atoms with Gasteiger partial charge in [0.05, 0.1) is 31.6 Å². The molecule has 0 aliphatic carbocycles. The minimum Gasteiger partial charge on any atom is -0.394 e. The lowest BCUT2D eigenvalue weighted by Gasteiger charge is -2.33. The Morgan fingerprint density at radius 3 is 1.70 bits per heavy atom. The molecule has 0 aliphatic rings. The van der Waals surface area contributed by atoms with E-state index in [0.717, 1.165) is 41.5 Å². The molecule has 2 amide bonds. The van der Waals surface area contributed by atoms with Gasteiger partial charge in [0.25, 0.3) is 5.91 Å². The Kier molecular flexibility index (Phi) is 21.3. The second-order valence-corrected chi connectivity index (χ2v) is 14.8. The maximum absolute atomic E-state index is 12.6. The van der Waals surface area contributed by atoms with Crippen molar-refractivity contribution in [2.45, 2.75) is 87.4 Å². The van der Waals surface area contributed by atoms with E-state index >= 15 is 0 Å². The number of nitrogens with one attached hydrogen (secondary N) is 1. The number of carbonyl (C=O) groups excluding carboxylic acids is 2. The van der Waals surface area contributed by atoms with Gasteiger partial charge < -0.3 is 67.8 Å². The minimum atomic E-state index is -1.89. The Morgan fingerprint density at radius 2 is 1.20 bits per heavy atom. The van der Waals surface area contributed by atoms with Crippen molar-refractivity contribution in [1.82, 2.24) is 20.2 Å². The molecule has 15 N–H and O–H groups in total. The number of nitrogens with two attached hydrogens (primary N) is 2. The Bertz CT molecular complexity index is 1760. The van der Waals surface area contributed by atoms with E-state index in [1.807, 2.05) is 36.4 Å². The third-order valence-corrected chi connectivity index (χ3v) is 9.95. The molecule has 1 heterocycles. The van der Waals surface area contributed by atoms with Gasteiger partial charge in [-0.2, -0.15) is 0 Å². The van der Waals surface area contributed by atoms with E-state index in [4.69, 9.17) is 33.3 Å². The number of rotatable bonds is 27. The first-order valence-electron chi connectivity index (χ1n) is 19.5. The fourth-order valence-electron chi connectivity index (χ4n) is 6.18. The van der Waals surface area contributed by atoms with Crippen LogP contribution < -0.4 is 16.8 Å². The molecular formula is C40H58ClN7O12. The third-order valence-electron chi connectivity index (χ3n) is 9.77. The van der Waals surface area contributed by atoms with Crippen molar-refractivity contribution in [2.75, 3.05) is 45.9 Å². The van der Waals surface area contributed by atoms with E-state index in [1.54, 1.807) is 0 Å². The van der Waals surface area contributed by atoms with Gasteiger partial charge in [0.1, 0.15) is 53.3 Å². The maximum atomic E-state index is 12.6. The molecule has 0 fully saturated rings. The molecule has 332 valence electrons. The van der Waals surface area contributed by atoms with Crippen LogP contribution in [0.2, 0.25) is 5.15 Å². The first-order chi connectivity index (χ1) is 28.6. The van der Waals surface area contributed by atoms with Crippen molar-refractivity contribution in [3.63, 3.8) is 0 Å². The average Bonchev–Trinajstić information content (AvgIpc) is 3.25. The quantitative estimate of drug-likeness (QED) is 0.0210. The Labute approximate surface area is 352 Å². The lowest BCUT2D eigenvalue weighted by atomic mass is 9.99. The lowest BCUT2D eigenvalue weighted by molar-refractivity contribution is -0.130. The molecule has 0 bridgehead atoms. The van der Waals surface area contributed by atoms with Gasteiger partial charge in [-0.05, 0) is 54.4 Å². The summed E-state index contributed by atoms with van der Waals surface area (Å²) < 4.78 is 0. The highest BCUT2D eigenvalue weighted by Gasteiger charge is 2.34. The van der Waals surface area contributed by atoms with Crippen LogP contribution >= 0.6 is 11.6 Å². The lowest BCUT2D eigenvalue weighted by Crippen LogP contribution is -2.53. The van der Waals surface area contributed by atoms with Crippen molar-refractivity contribution in [3.8, 4) is 11.1 Å². The number of aromatic nitrogens is 2. The number of aliphatic hydroxyl groups excluding tert-OH is 10. The van der Waals surface area contributed by atoms with Crippen LogP contribution in [0.4, 0.5) is 0 Å². The number of nitrogens with zero attached hydrogens (tertiary/aromatic N) is 4. The zero-order chi connectivity index (χ0) is 44.4. The van der Waals surface area contributed by atoms with Crippen molar-refractivity contribution in [2.24, 2.45) is 16.5 Å². The van der Waals surface area contributed by atoms with E-state index in [-0.39, 0.29) is 54.2 Å². The van der Waals surface area contributed by atoms with Gasteiger partial charge in [0.2, 0.25) is 5.91 Å². The summed E-state index contributed by atoms with van der Waals surface area (Å²) in [6.45, 7) is -1.85. The van der Waals surface area contributed by atoms with Gasteiger partial charge in [0.15, 0.2) is 5.69 Å². The van der Waals surface area contributed by atoms with E-state index < -0.39 is 81.0 Å². The summed E-state index contributed by atoms with van der Waals surface area (Å²) in [5.74, 6) is -0.959. The van der Waals surface area contributed by atoms with Crippen LogP contribution in [0.25, 0.3) is 11.1 Å². The van der Waals surface area contributed by atoms with Crippen LogP contribution in [0.3, 0.4) is 0 Å². The second-order valence-electron chi connectivity index (χ2n) is 14.4. The zero-order valence-electron chi connectivity index (χ0n) is 33.1. The van der Waals surface area contributed by atoms with Crippen LogP contribution in [0.1, 0.15) is 53.0 Å². The number of benzene rings is 2. The van der Waals surface area contributed by atoms with Crippen molar-refractivity contribution >= 4 is 29.3 Å². The van der Waals surface area contributed by atoms with Gasteiger partial charge in [0, 0.05) is 39.1 Å². The third kappa shape index (κ3) is 16.0. The predicted molar refractivity (Wildman–Crippen MR) is 221 cm³/mol. The fraction of sp³-hybridized carbons (Fsp3) is 0.525. The van der Waals surface area contributed by atoms with E-state index in [0.29, 0.717) is 13.0 Å². The van der Waals surface area contributed by atoms with Gasteiger partial charge >= 0.3 is 0 Å². The first kappa shape index (κ1) is 50.1. The van der Waals surface area contributed by atoms with E-state index in [2.05, 4.69) is 32.4 Å². The van der Waals surface area contributed by atoms with Crippen LogP contribution in [-0.4, -0.2) is 178 Å². The Morgan fingerprint density at radius 1 is 0.700 bits per heavy atom. The van der Waals surface area contributed by atoms with Crippen LogP contribution in [-0.2, 0) is 17.6 Å². The van der Waals surface area contributed by atoms with Gasteiger partial charge in [-0.3, -0.25) is 19.5 Å². The first-order valence-corrected chi connectivity index (χ1v) is 19.9. The minimum absolute atomic E-state index is 0.0255. The number of primary amides is 1. The summed E-state index contributed by atoms with van der Waals surface area (Å²) in [7, 11) is 0. The topological polar surface area (TPSA) is 342 Å². The molecular weight excluding hydrogens is 806 g/mol. The monoisotopic (exact) mass is 863 g/mol. The average molecular weight is 864 g/mol. The molecule has 0 aliphatic heterocycles. The van der Waals surface area contributed by atoms with Crippen LogP contribution in [0.5, 0.6) is 0 Å². The smallest absolute Gasteiger partial charge is 0.269 e. The number of aliphatic imine (C=N–C) groups is 1. The number of unbranched alkanes of at least 4 members (excludes halogenated alkanes) is 1. The van der Waals surface area contributed by atoms with Crippen LogP contribution in [0, 0.1) is 0 Å². The van der Waals surface area contributed by atoms with Crippen molar-refractivity contribution in [1.29, 1.82) is 0 Å². The molecule has 20 heteroatoms. The zero-order valence-corrected chi connectivity index (χ0v) is 33.9. The van der Waals surface area contributed by atoms with E-state index in [1.165, 1.54) is 11.1 Å². The fourth-order valence-corrected chi connectivity index (χ4v) is 6.31. The summed E-state index contributed by atoms with van der Waals surface area (Å²) in [5.41, 5.74) is 15.5. The predicted octanol–water partition coefficient (Wildman–Crippen LogP) is -2.76. The number of hydrogen-bond acceptors (Lipinski definition) is 16. The molecule has 3 aromatic rings. The van der Waals surface area contributed by atoms with Crippen LogP contribution in [0.15, 0.2) is 59.7 Å². The molecule has 1 aromatic heterocycles. The number of hydrogen-bond donors (Lipinski definition) is 13. The Hall–Kier alpha value is -4.22. The molecule has 3 rings (SSSR count). The van der Waals surface area contributed by atoms with E-state index in [9.17, 15) is 50.4 Å². The summed E-state index contributed by atoms with van der Waals surface area (Å²) in [6.07, 6.45) is -9.76. The maximum Gasteiger partial charge on any atom is 0.269 e. The van der Waals surface area contributed by atoms with Crippen molar-refractivity contribution in [3.05, 3.63) is 82.4 Å². The molecule has 0 spiro atoms. The molecule has 0 unspecified atom stereocenters. The standard InChI is InChI=1S/C40H58ClN7O12/c41-31-18-46-33(34(47-31)40(43)60)39(42)45-15-2-1-4-23-5-10-25(11-6-23)26-12-7-24(8-13-26)9-14-32(55)44-16-3-17-48(19-27(51)35(56)37(58)29(53)21-49)20-28(52)36(57)38(59)30(54)22-50/h5-8,10-13,18,27-30,35-38,49-54,56-59H,1-4,9,14-17,19-22H2,(H2,42,45)(H2,43,60)(H,44,55)/t27-,28-,29+,30+,35+,36+,37+,38+/m0/s1. The molecule has 0 radical (unpaired) electrons. The molecule has 60 heavy (non-hydrogen) atoms. The number of aliphatic hydroxyl groups is 10. The van der Waals surface area contributed by atoms with Crippen molar-refractivity contribution < 1.29 is 60.7 Å².